The summed E-state index contributed by atoms with van der Waals surface area (Å²) in [5, 5.41) is 8.98. The highest BCUT2D eigenvalue weighted by molar-refractivity contribution is 5.83. The summed E-state index contributed by atoms with van der Waals surface area (Å²) in [6.07, 6.45) is 2.04. The molecule has 0 aliphatic heterocycles. The first-order valence-corrected chi connectivity index (χ1v) is 5.96. The van der Waals surface area contributed by atoms with Crippen molar-refractivity contribution in [3.63, 3.8) is 0 Å². The Balaban J connectivity index is 2.07. The second-order valence-corrected chi connectivity index (χ2v) is 4.37. The minimum Gasteiger partial charge on any atom is -0.395 e. The second kappa shape index (κ2) is 5.29. The van der Waals surface area contributed by atoms with E-state index >= 15 is 0 Å². The summed E-state index contributed by atoms with van der Waals surface area (Å²) in [6.45, 7) is 0.369. The smallest absolute Gasteiger partial charge is 0.244 e. The van der Waals surface area contributed by atoms with E-state index in [0.29, 0.717) is 6.54 Å². The second-order valence-electron chi connectivity index (χ2n) is 4.37. The number of aliphatic hydroxyl groups is 1. The third-order valence-corrected chi connectivity index (χ3v) is 3.04. The maximum Gasteiger partial charge on any atom is 0.244 e. The molecule has 3 N–H and O–H groups in total. The molecule has 4 heteroatoms. The molecule has 0 saturated heterocycles. The Bertz CT molecular complexity index is 376. The van der Waals surface area contributed by atoms with Crippen LogP contribution in [0.2, 0.25) is 0 Å². The molecule has 1 aromatic carbocycles. The lowest BCUT2D eigenvalue weighted by Gasteiger charge is -2.25. The van der Waals surface area contributed by atoms with E-state index in [0.717, 1.165) is 18.4 Å². The van der Waals surface area contributed by atoms with Gasteiger partial charge in [0, 0.05) is 12.6 Å². The van der Waals surface area contributed by atoms with Crippen LogP contribution in [0.25, 0.3) is 0 Å². The molecule has 1 unspecified atom stereocenters. The van der Waals surface area contributed by atoms with Gasteiger partial charge in [-0.1, -0.05) is 30.3 Å². The molecule has 1 amide bonds. The van der Waals surface area contributed by atoms with Gasteiger partial charge in [0.05, 0.1) is 6.61 Å². The molecule has 4 nitrogen and oxygen atoms in total. The number of nitrogens with zero attached hydrogens (tertiary/aromatic N) is 1. The molecule has 0 bridgehead atoms. The van der Waals surface area contributed by atoms with Crippen LogP contribution in [0.15, 0.2) is 30.3 Å². The number of aliphatic hydroxyl groups excluding tert-OH is 1. The zero-order valence-electron chi connectivity index (χ0n) is 9.75. The number of hydrogen-bond acceptors (Lipinski definition) is 3. The van der Waals surface area contributed by atoms with E-state index in [1.165, 1.54) is 0 Å². The van der Waals surface area contributed by atoms with Gasteiger partial charge in [0.2, 0.25) is 5.91 Å². The highest BCUT2D eigenvalue weighted by atomic mass is 16.3. The molecule has 17 heavy (non-hydrogen) atoms. The molecule has 0 radical (unpaired) electrons. The Labute approximate surface area is 101 Å². The normalized spacial score (nSPS) is 16.6. The molecule has 1 fully saturated rings. The van der Waals surface area contributed by atoms with Crippen molar-refractivity contribution in [1.29, 1.82) is 0 Å². The Morgan fingerprint density at radius 2 is 2.06 bits per heavy atom. The first-order valence-electron chi connectivity index (χ1n) is 5.96. The van der Waals surface area contributed by atoms with Crippen LogP contribution in [-0.2, 0) is 4.79 Å². The van der Waals surface area contributed by atoms with Crippen LogP contribution < -0.4 is 5.73 Å². The molecular weight excluding hydrogens is 216 g/mol. The molecule has 0 aromatic heterocycles. The van der Waals surface area contributed by atoms with Gasteiger partial charge in [0.15, 0.2) is 0 Å². The number of nitrogens with two attached hydrogens (primary N) is 1. The quantitative estimate of drug-likeness (QED) is 0.787. The average Bonchev–Trinajstić information content (AvgIpc) is 3.19. The summed E-state index contributed by atoms with van der Waals surface area (Å²) in [6, 6.07) is 9.01. The largest absolute Gasteiger partial charge is 0.395 e. The molecule has 1 aliphatic rings. The molecule has 1 atom stereocenters. The molecule has 1 saturated carbocycles. The number of amides is 1. The van der Waals surface area contributed by atoms with Crippen LogP contribution in [0.3, 0.4) is 0 Å². The van der Waals surface area contributed by atoms with Gasteiger partial charge in [0.1, 0.15) is 6.04 Å². The Hall–Kier alpha value is -1.39. The predicted octanol–water partition coefficient (Wildman–Crippen LogP) is 0.670. The average molecular weight is 234 g/mol. The highest BCUT2D eigenvalue weighted by Crippen LogP contribution is 2.28. The first kappa shape index (κ1) is 12.1. The van der Waals surface area contributed by atoms with Gasteiger partial charge in [-0.05, 0) is 18.4 Å². The minimum atomic E-state index is -0.622. The fourth-order valence-electron chi connectivity index (χ4n) is 1.95. The van der Waals surface area contributed by atoms with Gasteiger partial charge in [-0.2, -0.15) is 0 Å². The van der Waals surface area contributed by atoms with E-state index in [1.807, 2.05) is 30.3 Å². The van der Waals surface area contributed by atoms with Gasteiger partial charge in [-0.15, -0.1) is 0 Å². The van der Waals surface area contributed by atoms with E-state index in [9.17, 15) is 4.79 Å². The van der Waals surface area contributed by atoms with Crippen molar-refractivity contribution in [2.24, 2.45) is 5.73 Å². The Kier molecular flexibility index (Phi) is 3.76. The van der Waals surface area contributed by atoms with Crippen molar-refractivity contribution >= 4 is 5.91 Å². The Morgan fingerprint density at radius 3 is 2.59 bits per heavy atom. The van der Waals surface area contributed by atoms with Crippen LogP contribution >= 0.6 is 0 Å². The molecule has 92 valence electrons. The zero-order chi connectivity index (χ0) is 12.3. The van der Waals surface area contributed by atoms with Crippen LogP contribution in [0, 0.1) is 0 Å². The number of hydrogen-bond donors (Lipinski definition) is 2. The van der Waals surface area contributed by atoms with Gasteiger partial charge in [0.25, 0.3) is 0 Å². The molecule has 2 rings (SSSR count). The lowest BCUT2D eigenvalue weighted by atomic mass is 10.1. The monoisotopic (exact) mass is 234 g/mol. The van der Waals surface area contributed by atoms with Crippen molar-refractivity contribution in [2.75, 3.05) is 13.2 Å². The van der Waals surface area contributed by atoms with Gasteiger partial charge in [-0.25, -0.2) is 0 Å². The van der Waals surface area contributed by atoms with E-state index < -0.39 is 6.04 Å². The topological polar surface area (TPSA) is 66.6 Å². The maximum absolute atomic E-state index is 12.2. The third-order valence-electron chi connectivity index (χ3n) is 3.04. The van der Waals surface area contributed by atoms with Crippen molar-refractivity contribution in [3.8, 4) is 0 Å². The van der Waals surface area contributed by atoms with Crippen molar-refractivity contribution in [2.45, 2.75) is 24.9 Å². The fraction of sp³-hybridized carbons (Fsp3) is 0.462. The highest BCUT2D eigenvalue weighted by Gasteiger charge is 2.34. The van der Waals surface area contributed by atoms with Crippen LogP contribution in [0.1, 0.15) is 24.4 Å². The summed E-state index contributed by atoms with van der Waals surface area (Å²) in [5.41, 5.74) is 6.78. The third kappa shape index (κ3) is 2.84. The van der Waals surface area contributed by atoms with Crippen molar-refractivity contribution < 1.29 is 9.90 Å². The zero-order valence-corrected chi connectivity index (χ0v) is 9.75. The summed E-state index contributed by atoms with van der Waals surface area (Å²) in [4.78, 5) is 13.9. The van der Waals surface area contributed by atoms with Crippen LogP contribution in [0.4, 0.5) is 0 Å². The van der Waals surface area contributed by atoms with E-state index in [-0.39, 0.29) is 18.6 Å². The number of benzene rings is 1. The molecule has 0 heterocycles. The van der Waals surface area contributed by atoms with Crippen LogP contribution in [-0.4, -0.2) is 35.1 Å². The van der Waals surface area contributed by atoms with E-state index in [2.05, 4.69) is 0 Å². The van der Waals surface area contributed by atoms with Gasteiger partial charge >= 0.3 is 0 Å². The van der Waals surface area contributed by atoms with Crippen molar-refractivity contribution in [3.05, 3.63) is 35.9 Å². The van der Waals surface area contributed by atoms with Gasteiger partial charge in [-0.3, -0.25) is 4.79 Å². The lowest BCUT2D eigenvalue weighted by molar-refractivity contribution is -0.133. The number of rotatable bonds is 5. The predicted molar refractivity (Wildman–Crippen MR) is 65.2 cm³/mol. The molecule has 1 aromatic rings. The first-order chi connectivity index (χ1) is 8.24. The summed E-state index contributed by atoms with van der Waals surface area (Å²) >= 11 is 0. The minimum absolute atomic E-state index is 0.0102. The standard InChI is InChI=1S/C13H18N2O2/c14-12(10-4-2-1-3-5-10)13(17)15(8-9-16)11-6-7-11/h1-5,11-12,16H,6-9,14H2. The maximum atomic E-state index is 12.2. The van der Waals surface area contributed by atoms with Gasteiger partial charge < -0.3 is 15.7 Å². The van der Waals surface area contributed by atoms with E-state index in [1.54, 1.807) is 4.90 Å². The van der Waals surface area contributed by atoms with E-state index in [4.69, 9.17) is 10.8 Å². The summed E-state index contributed by atoms with van der Waals surface area (Å²) in [7, 11) is 0. The SMILES string of the molecule is NC(C(=O)N(CCO)C1CC1)c1ccccc1. The lowest BCUT2D eigenvalue weighted by Crippen LogP contribution is -2.41. The summed E-state index contributed by atoms with van der Waals surface area (Å²) in [5.74, 6) is -0.0900. The Morgan fingerprint density at radius 1 is 1.41 bits per heavy atom. The fourth-order valence-corrected chi connectivity index (χ4v) is 1.95. The molecular formula is C13H18N2O2. The van der Waals surface area contributed by atoms with Crippen molar-refractivity contribution in [1.82, 2.24) is 4.90 Å². The number of carbonyl (C=O) groups excluding carboxylic acids is 1. The summed E-state index contributed by atoms with van der Waals surface area (Å²) < 4.78 is 0. The molecule has 1 aliphatic carbocycles. The van der Waals surface area contributed by atoms with Crippen LogP contribution in [0.5, 0.6) is 0 Å². The number of carbonyl (C=O) groups is 1. The molecule has 0 spiro atoms.